The highest BCUT2D eigenvalue weighted by molar-refractivity contribution is 5.46. The first-order chi connectivity index (χ1) is 6.65. The van der Waals surface area contributed by atoms with Crippen LogP contribution in [-0.2, 0) is 0 Å². The molecule has 0 unspecified atom stereocenters. The number of nitrogens with zero attached hydrogens (tertiary/aromatic N) is 1. The molecule has 0 atom stereocenters. The Morgan fingerprint density at radius 1 is 1.64 bits per heavy atom. The predicted molar refractivity (Wildman–Crippen MR) is 48.7 cm³/mol. The minimum absolute atomic E-state index is 0.0881. The summed E-state index contributed by atoms with van der Waals surface area (Å²) >= 11 is 0. The van der Waals surface area contributed by atoms with Gasteiger partial charge in [0, 0.05) is 12.1 Å². The first kappa shape index (κ1) is 10.2. The molecule has 0 spiro atoms. The summed E-state index contributed by atoms with van der Waals surface area (Å²) in [6.07, 6.45) is 1.43. The molecule has 0 aliphatic rings. The zero-order valence-electron chi connectivity index (χ0n) is 7.27. The third-order valence-corrected chi connectivity index (χ3v) is 1.48. The average molecular weight is 197 g/mol. The fourth-order valence-electron chi connectivity index (χ4n) is 0.903. The van der Waals surface area contributed by atoms with Crippen LogP contribution in [0.3, 0.4) is 0 Å². The molecule has 14 heavy (non-hydrogen) atoms. The van der Waals surface area contributed by atoms with Crippen molar-refractivity contribution >= 4 is 5.69 Å². The highest BCUT2D eigenvalue weighted by Crippen LogP contribution is 2.27. The number of ether oxygens (including phenoxy) is 1. The summed E-state index contributed by atoms with van der Waals surface area (Å²) in [6.45, 7) is 3.49. The zero-order chi connectivity index (χ0) is 10.6. The quantitative estimate of drug-likeness (QED) is 0.422. The number of benzene rings is 1. The van der Waals surface area contributed by atoms with Gasteiger partial charge in [0.2, 0.25) is 0 Å². The first-order valence-electron chi connectivity index (χ1n) is 3.83. The summed E-state index contributed by atoms with van der Waals surface area (Å²) in [5, 5.41) is 10.5. The van der Waals surface area contributed by atoms with Crippen LogP contribution in [-0.4, -0.2) is 11.5 Å². The van der Waals surface area contributed by atoms with E-state index in [1.807, 2.05) is 0 Å². The van der Waals surface area contributed by atoms with Gasteiger partial charge in [-0.2, -0.15) is 0 Å². The molecular formula is C9H8FNO3. The lowest BCUT2D eigenvalue weighted by molar-refractivity contribution is -0.385. The molecule has 0 radical (unpaired) electrons. The van der Waals surface area contributed by atoms with Gasteiger partial charge in [0.15, 0.2) is 5.75 Å². The van der Waals surface area contributed by atoms with Crippen LogP contribution in [0.5, 0.6) is 5.75 Å². The minimum atomic E-state index is -0.627. The summed E-state index contributed by atoms with van der Waals surface area (Å²) < 4.78 is 17.6. The van der Waals surface area contributed by atoms with Gasteiger partial charge < -0.3 is 4.74 Å². The smallest absolute Gasteiger partial charge is 0.311 e. The lowest BCUT2D eigenvalue weighted by Gasteiger charge is -2.03. The second kappa shape index (κ2) is 4.36. The SMILES string of the molecule is C=CCOc1cc(F)ccc1[N+](=O)[O-]. The van der Waals surface area contributed by atoms with Crippen molar-refractivity contribution in [3.05, 3.63) is 46.8 Å². The molecule has 1 aromatic rings. The molecule has 0 heterocycles. The van der Waals surface area contributed by atoms with Crippen LogP contribution in [0.15, 0.2) is 30.9 Å². The maximum absolute atomic E-state index is 12.7. The van der Waals surface area contributed by atoms with Crippen molar-refractivity contribution < 1.29 is 14.1 Å². The maximum Gasteiger partial charge on any atom is 0.311 e. The third kappa shape index (κ3) is 2.29. The fourth-order valence-corrected chi connectivity index (χ4v) is 0.903. The highest BCUT2D eigenvalue weighted by Gasteiger charge is 2.14. The van der Waals surface area contributed by atoms with Crippen LogP contribution in [0.2, 0.25) is 0 Å². The van der Waals surface area contributed by atoms with Crippen molar-refractivity contribution in [2.45, 2.75) is 0 Å². The Morgan fingerprint density at radius 2 is 2.36 bits per heavy atom. The molecule has 1 rings (SSSR count). The van der Waals surface area contributed by atoms with Crippen LogP contribution in [0.4, 0.5) is 10.1 Å². The Morgan fingerprint density at radius 3 is 2.93 bits per heavy atom. The van der Waals surface area contributed by atoms with Gasteiger partial charge in [-0.25, -0.2) is 4.39 Å². The molecule has 0 saturated carbocycles. The number of nitro benzene ring substituents is 1. The van der Waals surface area contributed by atoms with E-state index in [0.717, 1.165) is 18.2 Å². The van der Waals surface area contributed by atoms with Gasteiger partial charge in [0.05, 0.1) is 4.92 Å². The number of hydrogen-bond acceptors (Lipinski definition) is 3. The monoisotopic (exact) mass is 197 g/mol. The molecule has 5 heteroatoms. The van der Waals surface area contributed by atoms with E-state index in [4.69, 9.17) is 4.74 Å². The fraction of sp³-hybridized carbons (Fsp3) is 0.111. The predicted octanol–water partition coefficient (Wildman–Crippen LogP) is 2.30. The van der Waals surface area contributed by atoms with Crippen molar-refractivity contribution in [3.63, 3.8) is 0 Å². The molecule has 0 N–H and O–H groups in total. The molecule has 0 saturated heterocycles. The van der Waals surface area contributed by atoms with E-state index < -0.39 is 10.7 Å². The van der Waals surface area contributed by atoms with Crippen LogP contribution in [0, 0.1) is 15.9 Å². The normalized spacial score (nSPS) is 9.50. The molecule has 0 fully saturated rings. The van der Waals surface area contributed by atoms with Gasteiger partial charge in [0.25, 0.3) is 0 Å². The highest BCUT2D eigenvalue weighted by atomic mass is 19.1. The van der Waals surface area contributed by atoms with Crippen LogP contribution >= 0.6 is 0 Å². The van der Waals surface area contributed by atoms with Crippen molar-refractivity contribution in [1.82, 2.24) is 0 Å². The lowest BCUT2D eigenvalue weighted by atomic mass is 10.3. The Bertz CT molecular complexity index is 365. The summed E-state index contributed by atoms with van der Waals surface area (Å²) in [6, 6.07) is 3.05. The van der Waals surface area contributed by atoms with E-state index >= 15 is 0 Å². The number of halogens is 1. The van der Waals surface area contributed by atoms with Crippen molar-refractivity contribution in [3.8, 4) is 5.75 Å². The summed E-state index contributed by atoms with van der Waals surface area (Å²) in [4.78, 5) is 9.85. The maximum atomic E-state index is 12.7. The van der Waals surface area contributed by atoms with E-state index in [1.165, 1.54) is 6.08 Å². The number of hydrogen-bond donors (Lipinski definition) is 0. The van der Waals surface area contributed by atoms with Gasteiger partial charge in [-0.05, 0) is 6.07 Å². The van der Waals surface area contributed by atoms with E-state index in [1.54, 1.807) is 0 Å². The molecule has 4 nitrogen and oxygen atoms in total. The average Bonchev–Trinajstić information content (AvgIpc) is 2.14. The minimum Gasteiger partial charge on any atom is -0.483 e. The van der Waals surface area contributed by atoms with Gasteiger partial charge in [-0.1, -0.05) is 12.7 Å². The standard InChI is InChI=1S/C9H8FNO3/c1-2-5-14-9-6-7(10)3-4-8(9)11(12)13/h2-4,6H,1,5H2. The molecule has 0 aliphatic heterocycles. The molecule has 0 aliphatic carbocycles. The molecule has 74 valence electrons. The first-order valence-corrected chi connectivity index (χ1v) is 3.83. The zero-order valence-corrected chi connectivity index (χ0v) is 7.27. The number of nitro groups is 1. The summed E-state index contributed by atoms with van der Waals surface area (Å²) in [5.74, 6) is -0.662. The van der Waals surface area contributed by atoms with Gasteiger partial charge in [-0.3, -0.25) is 10.1 Å². The summed E-state index contributed by atoms with van der Waals surface area (Å²) in [7, 11) is 0. The Kier molecular flexibility index (Phi) is 3.17. The van der Waals surface area contributed by atoms with E-state index in [9.17, 15) is 14.5 Å². The molecular weight excluding hydrogens is 189 g/mol. The molecule has 0 amide bonds. The summed E-state index contributed by atoms with van der Waals surface area (Å²) in [5.41, 5.74) is -0.256. The third-order valence-electron chi connectivity index (χ3n) is 1.48. The second-order valence-electron chi connectivity index (χ2n) is 2.47. The van der Waals surface area contributed by atoms with Crippen LogP contribution in [0.25, 0.3) is 0 Å². The van der Waals surface area contributed by atoms with Crippen LogP contribution in [0.1, 0.15) is 0 Å². The van der Waals surface area contributed by atoms with Crippen LogP contribution < -0.4 is 4.74 Å². The molecule has 0 bridgehead atoms. The molecule has 0 aromatic heterocycles. The topological polar surface area (TPSA) is 52.4 Å². The van der Waals surface area contributed by atoms with Gasteiger partial charge in [0.1, 0.15) is 12.4 Å². The largest absolute Gasteiger partial charge is 0.483 e. The lowest BCUT2D eigenvalue weighted by Crippen LogP contribution is -1.98. The van der Waals surface area contributed by atoms with Gasteiger partial charge >= 0.3 is 5.69 Å². The van der Waals surface area contributed by atoms with E-state index in [-0.39, 0.29) is 18.0 Å². The van der Waals surface area contributed by atoms with Gasteiger partial charge in [-0.15, -0.1) is 0 Å². The van der Waals surface area contributed by atoms with E-state index in [2.05, 4.69) is 6.58 Å². The Hall–Kier alpha value is -1.91. The van der Waals surface area contributed by atoms with Crippen molar-refractivity contribution in [2.24, 2.45) is 0 Å². The van der Waals surface area contributed by atoms with Crippen molar-refractivity contribution in [1.29, 1.82) is 0 Å². The second-order valence-corrected chi connectivity index (χ2v) is 2.47. The van der Waals surface area contributed by atoms with E-state index in [0.29, 0.717) is 0 Å². The Labute approximate surface area is 79.8 Å². The number of rotatable bonds is 4. The molecule has 1 aromatic carbocycles. The Balaban J connectivity index is 3.02. The van der Waals surface area contributed by atoms with Crippen molar-refractivity contribution in [2.75, 3.05) is 6.61 Å².